The third kappa shape index (κ3) is 2.59. The Kier molecular flexibility index (Phi) is 4.71. The van der Waals surface area contributed by atoms with Crippen molar-refractivity contribution in [3.8, 4) is 0 Å². The zero-order valence-electron chi connectivity index (χ0n) is 19.1. The van der Waals surface area contributed by atoms with E-state index in [1.54, 1.807) is 24.3 Å². The van der Waals surface area contributed by atoms with Gasteiger partial charge in [0.25, 0.3) is 0 Å². The fourth-order valence-corrected chi connectivity index (χ4v) is 8.55. The molecule has 3 aliphatic carbocycles. The van der Waals surface area contributed by atoms with Crippen molar-refractivity contribution in [2.75, 3.05) is 0 Å². The van der Waals surface area contributed by atoms with Crippen LogP contribution in [0.5, 0.6) is 0 Å². The third-order valence-corrected chi connectivity index (χ3v) is 10.1. The van der Waals surface area contributed by atoms with Crippen LogP contribution in [0.2, 0.25) is 0 Å². The van der Waals surface area contributed by atoms with Crippen LogP contribution in [0.3, 0.4) is 0 Å². The molecular formula is C31H21IO4. The van der Waals surface area contributed by atoms with Crippen LogP contribution < -0.4 is 0 Å². The second-order valence-electron chi connectivity index (χ2n) is 9.56. The van der Waals surface area contributed by atoms with Gasteiger partial charge in [0.1, 0.15) is 9.53 Å². The second-order valence-corrected chi connectivity index (χ2v) is 11.3. The molecular weight excluding hydrogens is 563 g/mol. The van der Waals surface area contributed by atoms with E-state index in [0.717, 1.165) is 11.1 Å². The van der Waals surface area contributed by atoms with Crippen molar-refractivity contribution in [2.45, 2.75) is 27.0 Å². The van der Waals surface area contributed by atoms with Crippen molar-refractivity contribution in [1.82, 2.24) is 0 Å². The van der Waals surface area contributed by atoms with Gasteiger partial charge in [0, 0.05) is 5.92 Å². The number of halogens is 1. The molecule has 0 heterocycles. The lowest BCUT2D eigenvalue weighted by Crippen LogP contribution is -2.62. The predicted octanol–water partition coefficient (Wildman–Crippen LogP) is 6.18. The summed E-state index contributed by atoms with van der Waals surface area (Å²) in [6.45, 7) is 0. The van der Waals surface area contributed by atoms with Crippen molar-refractivity contribution in [3.63, 3.8) is 0 Å². The summed E-state index contributed by atoms with van der Waals surface area (Å²) >= 11 is 2.47. The molecule has 0 aliphatic heterocycles. The van der Waals surface area contributed by atoms with Crippen LogP contribution in [0.25, 0.3) is 0 Å². The maximum absolute atomic E-state index is 13.4. The van der Waals surface area contributed by atoms with E-state index in [-0.39, 0.29) is 11.3 Å². The molecule has 0 bridgehead atoms. The number of benzene rings is 4. The highest BCUT2D eigenvalue weighted by atomic mass is 127. The summed E-state index contributed by atoms with van der Waals surface area (Å²) in [5, 5.41) is 0. The molecule has 1 spiro atoms. The average molecular weight is 584 g/mol. The van der Waals surface area contributed by atoms with E-state index in [9.17, 15) is 9.59 Å². The van der Waals surface area contributed by atoms with Crippen LogP contribution >= 0.6 is 22.6 Å². The Bertz CT molecular complexity index is 1520. The molecule has 1 saturated carbocycles. The third-order valence-electron chi connectivity index (χ3n) is 8.02. The molecule has 3 unspecified atom stereocenters. The van der Waals surface area contributed by atoms with Crippen LogP contribution in [-0.4, -0.2) is 24.1 Å². The van der Waals surface area contributed by atoms with Crippen LogP contribution in [0.4, 0.5) is 0 Å². The van der Waals surface area contributed by atoms with Gasteiger partial charge < -0.3 is 9.47 Å². The maximum Gasteiger partial charge on any atom is 0.338 e. The highest BCUT2D eigenvalue weighted by Gasteiger charge is 2.83. The lowest BCUT2D eigenvalue weighted by molar-refractivity contribution is -0.0333. The van der Waals surface area contributed by atoms with Crippen molar-refractivity contribution < 1.29 is 19.1 Å². The van der Waals surface area contributed by atoms with Crippen molar-refractivity contribution in [3.05, 3.63) is 143 Å². The largest absolute Gasteiger partial charge is 0.454 e. The van der Waals surface area contributed by atoms with Gasteiger partial charge in [-0.3, -0.25) is 0 Å². The number of carbonyl (C=O) groups is 2. The highest BCUT2D eigenvalue weighted by molar-refractivity contribution is 14.1. The summed E-state index contributed by atoms with van der Waals surface area (Å²) in [6, 6.07) is 34.7. The topological polar surface area (TPSA) is 52.6 Å². The number of esters is 2. The van der Waals surface area contributed by atoms with Gasteiger partial charge in [-0.2, -0.15) is 0 Å². The van der Waals surface area contributed by atoms with Gasteiger partial charge in [0.05, 0.1) is 16.5 Å². The molecule has 7 rings (SSSR count). The number of hydrogen-bond acceptors (Lipinski definition) is 4. The zero-order chi connectivity index (χ0) is 24.5. The van der Waals surface area contributed by atoms with Crippen LogP contribution in [0.1, 0.15) is 48.9 Å². The summed E-state index contributed by atoms with van der Waals surface area (Å²) in [7, 11) is 0. The van der Waals surface area contributed by atoms with E-state index in [0.29, 0.717) is 11.1 Å². The lowest BCUT2D eigenvalue weighted by Gasteiger charge is -2.62. The zero-order valence-corrected chi connectivity index (χ0v) is 21.3. The molecule has 5 heteroatoms. The molecule has 1 fully saturated rings. The maximum atomic E-state index is 13.4. The van der Waals surface area contributed by atoms with E-state index >= 15 is 0 Å². The van der Waals surface area contributed by atoms with Crippen molar-refractivity contribution in [2.24, 2.45) is 0 Å². The van der Waals surface area contributed by atoms with Crippen LogP contribution in [0, 0.1) is 0 Å². The monoisotopic (exact) mass is 584 g/mol. The minimum atomic E-state index is -0.661. The minimum Gasteiger partial charge on any atom is -0.454 e. The molecule has 4 nitrogen and oxygen atoms in total. The van der Waals surface area contributed by atoms with E-state index < -0.39 is 27.6 Å². The molecule has 0 radical (unpaired) electrons. The Morgan fingerprint density at radius 1 is 0.611 bits per heavy atom. The van der Waals surface area contributed by atoms with E-state index in [1.807, 2.05) is 48.5 Å². The standard InChI is InChI=1S/C31H21IO4/c32-31-24-18-10-9-17-23(24)30(31)22-16-8-7-15-21(22)25(30)26(35-28(33)19-11-3-1-4-12-19)27(31)36-29(34)20-13-5-2-6-14-20/h1-18,25-27H/t25-,26?,27?,30+,31?/m0/s1. The molecule has 4 aromatic rings. The van der Waals surface area contributed by atoms with Crippen molar-refractivity contribution in [1.29, 1.82) is 0 Å². The van der Waals surface area contributed by atoms with Gasteiger partial charge in [-0.25, -0.2) is 9.59 Å². The molecule has 176 valence electrons. The summed E-state index contributed by atoms with van der Waals surface area (Å²) in [5.41, 5.74) is 5.30. The molecule has 0 aromatic heterocycles. The summed E-state index contributed by atoms with van der Waals surface area (Å²) < 4.78 is 12.0. The smallest absolute Gasteiger partial charge is 0.338 e. The lowest BCUT2D eigenvalue weighted by atomic mass is 9.43. The molecule has 3 aliphatic rings. The van der Waals surface area contributed by atoms with Gasteiger partial charge in [-0.15, -0.1) is 0 Å². The van der Waals surface area contributed by atoms with E-state index in [1.165, 1.54) is 11.1 Å². The van der Waals surface area contributed by atoms with E-state index in [4.69, 9.17) is 9.47 Å². The highest BCUT2D eigenvalue weighted by Crippen LogP contribution is 2.81. The van der Waals surface area contributed by atoms with Gasteiger partial charge in [0.15, 0.2) is 6.10 Å². The Labute approximate surface area is 222 Å². The first-order valence-electron chi connectivity index (χ1n) is 12.0. The van der Waals surface area contributed by atoms with Gasteiger partial charge in [-0.05, 0) is 46.5 Å². The van der Waals surface area contributed by atoms with Gasteiger partial charge in [-0.1, -0.05) is 108 Å². The minimum absolute atomic E-state index is 0.110. The predicted molar refractivity (Wildman–Crippen MR) is 143 cm³/mol. The number of hydrogen-bond donors (Lipinski definition) is 0. The fraction of sp³-hybridized carbons (Fsp3) is 0.161. The van der Waals surface area contributed by atoms with Gasteiger partial charge >= 0.3 is 11.9 Å². The number of ether oxygens (including phenoxy) is 2. The Hall–Kier alpha value is -3.45. The van der Waals surface area contributed by atoms with Crippen LogP contribution in [0.15, 0.2) is 109 Å². The normalized spacial score (nSPS) is 28.3. The number of alkyl halides is 1. The Morgan fingerprint density at radius 3 is 1.75 bits per heavy atom. The number of carbonyl (C=O) groups excluding carboxylic acids is 2. The van der Waals surface area contributed by atoms with Gasteiger partial charge in [0.2, 0.25) is 0 Å². The Morgan fingerprint density at radius 2 is 1.11 bits per heavy atom. The number of rotatable bonds is 4. The van der Waals surface area contributed by atoms with Crippen LogP contribution in [-0.2, 0) is 18.3 Å². The second kappa shape index (κ2) is 7.77. The van der Waals surface area contributed by atoms with Crippen molar-refractivity contribution >= 4 is 34.5 Å². The average Bonchev–Trinajstić information content (AvgIpc) is 3.06. The molecule has 4 aromatic carbocycles. The molecule has 0 N–H and O–H groups in total. The first-order chi connectivity index (χ1) is 17.6. The molecule has 5 atom stereocenters. The summed E-state index contributed by atoms with van der Waals surface area (Å²) in [5.74, 6) is -0.935. The fourth-order valence-electron chi connectivity index (χ4n) is 6.68. The van der Waals surface area contributed by atoms with E-state index in [2.05, 4.69) is 59.0 Å². The SMILES string of the molecule is O=C(OC1C(OC(=O)c2ccccc2)C2(I)c3ccccc3[C@@]23c2ccccc2[C@@H]13)c1ccccc1. The number of fused-ring (bicyclic) bond motifs is 4. The molecule has 36 heavy (non-hydrogen) atoms. The summed E-state index contributed by atoms with van der Waals surface area (Å²) in [4.78, 5) is 26.7. The molecule has 0 amide bonds. The first-order valence-corrected chi connectivity index (χ1v) is 13.1. The Balaban J connectivity index is 1.38. The molecule has 0 saturated heterocycles. The quantitative estimate of drug-likeness (QED) is 0.163. The first kappa shape index (κ1) is 21.8. The summed E-state index contributed by atoms with van der Waals surface area (Å²) in [6.07, 6.45) is -1.30.